The van der Waals surface area contributed by atoms with E-state index in [0.717, 1.165) is 11.6 Å². The summed E-state index contributed by atoms with van der Waals surface area (Å²) in [5.41, 5.74) is 2.26. The third-order valence-electron chi connectivity index (χ3n) is 3.83. The molecule has 0 bridgehead atoms. The molecule has 1 aromatic heterocycles. The van der Waals surface area contributed by atoms with E-state index >= 15 is 0 Å². The van der Waals surface area contributed by atoms with Gasteiger partial charge in [-0.25, -0.2) is 4.68 Å². The van der Waals surface area contributed by atoms with Crippen molar-refractivity contribution >= 4 is 0 Å². The summed E-state index contributed by atoms with van der Waals surface area (Å²) in [6, 6.07) is 9.26. The van der Waals surface area contributed by atoms with Gasteiger partial charge >= 0.3 is 0 Å². The smallest absolute Gasteiger partial charge is 0.143 e. The average molecular weight is 257 g/mol. The van der Waals surface area contributed by atoms with Crippen molar-refractivity contribution in [3.8, 4) is 5.69 Å². The summed E-state index contributed by atoms with van der Waals surface area (Å²) >= 11 is 0. The first-order valence-electron chi connectivity index (χ1n) is 6.83. The Morgan fingerprint density at radius 1 is 1.32 bits per heavy atom. The number of nitrogens with zero attached hydrogens (tertiary/aromatic N) is 4. The summed E-state index contributed by atoms with van der Waals surface area (Å²) in [5.74, 6) is 0.866. The van der Waals surface area contributed by atoms with Crippen LogP contribution in [-0.2, 0) is 0 Å². The van der Waals surface area contributed by atoms with Gasteiger partial charge in [0.2, 0.25) is 0 Å². The number of rotatable bonds is 5. The molecule has 1 saturated carbocycles. The van der Waals surface area contributed by atoms with Gasteiger partial charge in [0.1, 0.15) is 6.33 Å². The number of nitrogens with one attached hydrogen (secondary N) is 1. The summed E-state index contributed by atoms with van der Waals surface area (Å²) < 4.78 is 1.68. The Hall–Kier alpha value is -1.75. The van der Waals surface area contributed by atoms with Gasteiger partial charge in [-0.1, -0.05) is 12.1 Å². The second kappa shape index (κ2) is 5.09. The lowest BCUT2D eigenvalue weighted by molar-refractivity contribution is 0.441. The third-order valence-corrected chi connectivity index (χ3v) is 3.83. The number of aromatic nitrogens is 4. The largest absolute Gasteiger partial charge is 0.307 e. The maximum absolute atomic E-state index is 3.92. The second-order valence-electron chi connectivity index (χ2n) is 5.36. The fourth-order valence-corrected chi connectivity index (χ4v) is 2.44. The quantitative estimate of drug-likeness (QED) is 0.891. The van der Waals surface area contributed by atoms with E-state index in [1.165, 1.54) is 18.4 Å². The molecule has 100 valence electrons. The Bertz CT molecular complexity index is 533. The first-order chi connectivity index (χ1) is 9.24. The van der Waals surface area contributed by atoms with E-state index in [1.807, 2.05) is 12.1 Å². The van der Waals surface area contributed by atoms with Gasteiger partial charge in [-0.05, 0) is 60.7 Å². The molecule has 0 saturated heterocycles. The summed E-state index contributed by atoms with van der Waals surface area (Å²) in [6.45, 7) is 4.48. The minimum Gasteiger partial charge on any atom is -0.307 e. The topological polar surface area (TPSA) is 55.6 Å². The van der Waals surface area contributed by atoms with Gasteiger partial charge in [-0.15, -0.1) is 5.10 Å². The van der Waals surface area contributed by atoms with E-state index in [2.05, 4.69) is 46.8 Å². The number of tetrazole rings is 1. The van der Waals surface area contributed by atoms with Crippen LogP contribution in [0.3, 0.4) is 0 Å². The fourth-order valence-electron chi connectivity index (χ4n) is 2.44. The molecule has 3 rings (SSSR count). The van der Waals surface area contributed by atoms with Crippen molar-refractivity contribution in [3.05, 3.63) is 36.2 Å². The van der Waals surface area contributed by atoms with Gasteiger partial charge in [0, 0.05) is 12.1 Å². The Balaban J connectivity index is 1.74. The predicted molar refractivity (Wildman–Crippen MR) is 72.9 cm³/mol. The van der Waals surface area contributed by atoms with E-state index in [-0.39, 0.29) is 0 Å². The summed E-state index contributed by atoms with van der Waals surface area (Å²) in [7, 11) is 0. The zero-order chi connectivity index (χ0) is 13.2. The Morgan fingerprint density at radius 3 is 2.84 bits per heavy atom. The van der Waals surface area contributed by atoms with E-state index in [0.29, 0.717) is 12.1 Å². The van der Waals surface area contributed by atoms with Crippen molar-refractivity contribution in [1.29, 1.82) is 0 Å². The summed E-state index contributed by atoms with van der Waals surface area (Å²) in [6.07, 6.45) is 4.35. The van der Waals surface area contributed by atoms with Crippen LogP contribution in [0.4, 0.5) is 0 Å². The van der Waals surface area contributed by atoms with Crippen LogP contribution in [0, 0.1) is 5.92 Å². The molecule has 1 heterocycles. The number of benzene rings is 1. The molecule has 1 aliphatic rings. The highest BCUT2D eigenvalue weighted by Gasteiger charge is 2.28. The van der Waals surface area contributed by atoms with Gasteiger partial charge in [0.25, 0.3) is 0 Å². The predicted octanol–water partition coefficient (Wildman–Crippen LogP) is 2.11. The molecular weight excluding hydrogens is 238 g/mol. The van der Waals surface area contributed by atoms with Crippen molar-refractivity contribution in [1.82, 2.24) is 25.5 Å². The molecule has 5 nitrogen and oxygen atoms in total. The highest BCUT2D eigenvalue weighted by molar-refractivity contribution is 5.35. The third kappa shape index (κ3) is 2.81. The van der Waals surface area contributed by atoms with Crippen LogP contribution in [0.5, 0.6) is 0 Å². The van der Waals surface area contributed by atoms with Crippen LogP contribution in [0.15, 0.2) is 30.6 Å². The molecule has 1 fully saturated rings. The summed E-state index contributed by atoms with van der Waals surface area (Å²) in [5, 5.41) is 14.9. The van der Waals surface area contributed by atoms with Gasteiger partial charge in [-0.2, -0.15) is 0 Å². The number of hydrogen-bond donors (Lipinski definition) is 1. The molecule has 19 heavy (non-hydrogen) atoms. The van der Waals surface area contributed by atoms with Crippen molar-refractivity contribution in [2.75, 3.05) is 0 Å². The molecule has 2 unspecified atom stereocenters. The van der Waals surface area contributed by atoms with E-state index in [1.54, 1.807) is 11.0 Å². The van der Waals surface area contributed by atoms with E-state index in [4.69, 9.17) is 0 Å². The molecule has 0 amide bonds. The van der Waals surface area contributed by atoms with Crippen LogP contribution < -0.4 is 5.32 Å². The lowest BCUT2D eigenvalue weighted by Crippen LogP contribution is -2.30. The molecule has 0 aliphatic heterocycles. The minimum absolute atomic E-state index is 0.340. The van der Waals surface area contributed by atoms with Crippen molar-refractivity contribution in [2.45, 2.75) is 38.8 Å². The Labute approximate surface area is 113 Å². The van der Waals surface area contributed by atoms with Crippen molar-refractivity contribution in [2.24, 2.45) is 5.92 Å². The first kappa shape index (κ1) is 12.3. The molecule has 2 atom stereocenters. The van der Waals surface area contributed by atoms with Crippen molar-refractivity contribution in [3.63, 3.8) is 0 Å². The molecule has 0 spiro atoms. The fraction of sp³-hybridized carbons (Fsp3) is 0.500. The molecule has 1 N–H and O–H groups in total. The van der Waals surface area contributed by atoms with Gasteiger partial charge in [0.05, 0.1) is 5.69 Å². The second-order valence-corrected chi connectivity index (χ2v) is 5.36. The molecular formula is C14H19N5. The lowest BCUT2D eigenvalue weighted by atomic mass is 10.1. The molecule has 1 aliphatic carbocycles. The Morgan fingerprint density at radius 2 is 2.16 bits per heavy atom. The standard InChI is InChI=1S/C14H19N5/c1-10(12-6-7-12)16-11(2)13-4-3-5-14(8-13)19-9-15-17-18-19/h3-5,8-12,16H,6-7H2,1-2H3. The first-order valence-corrected chi connectivity index (χ1v) is 6.83. The SMILES string of the molecule is CC(NC(C)C1CC1)c1cccc(-n2cnnn2)c1. The highest BCUT2D eigenvalue weighted by Crippen LogP contribution is 2.33. The zero-order valence-corrected chi connectivity index (χ0v) is 11.3. The monoisotopic (exact) mass is 257 g/mol. The van der Waals surface area contributed by atoms with Crippen LogP contribution in [0.1, 0.15) is 38.3 Å². The minimum atomic E-state index is 0.340. The Kier molecular flexibility index (Phi) is 3.29. The van der Waals surface area contributed by atoms with Gasteiger partial charge in [0.15, 0.2) is 0 Å². The van der Waals surface area contributed by atoms with Gasteiger partial charge < -0.3 is 5.32 Å². The van der Waals surface area contributed by atoms with Crippen LogP contribution >= 0.6 is 0 Å². The zero-order valence-electron chi connectivity index (χ0n) is 11.3. The van der Waals surface area contributed by atoms with Crippen LogP contribution in [0.25, 0.3) is 5.69 Å². The molecule has 2 aromatic rings. The van der Waals surface area contributed by atoms with Gasteiger partial charge in [-0.3, -0.25) is 0 Å². The van der Waals surface area contributed by atoms with Crippen LogP contribution in [-0.4, -0.2) is 26.2 Å². The average Bonchev–Trinajstić information content (AvgIpc) is 3.14. The maximum Gasteiger partial charge on any atom is 0.143 e. The molecule has 0 radical (unpaired) electrons. The maximum atomic E-state index is 3.92. The highest BCUT2D eigenvalue weighted by atomic mass is 15.5. The molecule has 5 heteroatoms. The number of hydrogen-bond acceptors (Lipinski definition) is 4. The normalized spacial score (nSPS) is 18.2. The molecule has 1 aromatic carbocycles. The lowest BCUT2D eigenvalue weighted by Gasteiger charge is -2.20. The van der Waals surface area contributed by atoms with E-state index in [9.17, 15) is 0 Å². The van der Waals surface area contributed by atoms with Crippen molar-refractivity contribution < 1.29 is 0 Å². The van der Waals surface area contributed by atoms with Crippen LogP contribution in [0.2, 0.25) is 0 Å². The van der Waals surface area contributed by atoms with E-state index < -0.39 is 0 Å². The summed E-state index contributed by atoms with van der Waals surface area (Å²) in [4.78, 5) is 0.